The molecule has 0 saturated heterocycles. The van der Waals surface area contributed by atoms with Crippen LogP contribution in [0, 0.1) is 0 Å². The maximum Gasteiger partial charge on any atom is 0.387 e. The van der Waals surface area contributed by atoms with E-state index in [-0.39, 0.29) is 5.75 Å². The van der Waals surface area contributed by atoms with E-state index in [4.69, 9.17) is 5.73 Å². The summed E-state index contributed by atoms with van der Waals surface area (Å²) in [5, 5.41) is 4.00. The van der Waals surface area contributed by atoms with Crippen molar-refractivity contribution in [3.63, 3.8) is 0 Å². The van der Waals surface area contributed by atoms with Crippen LogP contribution in [-0.4, -0.2) is 16.4 Å². The molecule has 4 nitrogen and oxygen atoms in total. The molecule has 0 aliphatic heterocycles. The third-order valence-electron chi connectivity index (χ3n) is 2.55. The van der Waals surface area contributed by atoms with Gasteiger partial charge in [-0.2, -0.15) is 13.9 Å². The Morgan fingerprint density at radius 2 is 2.06 bits per heavy atom. The van der Waals surface area contributed by atoms with E-state index in [1.54, 1.807) is 42.3 Å². The first kappa shape index (κ1) is 12.5. The van der Waals surface area contributed by atoms with Crippen LogP contribution in [0.4, 0.5) is 8.78 Å². The predicted molar refractivity (Wildman–Crippen MR) is 62.3 cm³/mol. The number of nitrogens with zero attached hydrogens (tertiary/aromatic N) is 2. The van der Waals surface area contributed by atoms with Crippen molar-refractivity contribution < 1.29 is 13.5 Å². The number of ether oxygens (including phenoxy) is 1. The highest BCUT2D eigenvalue weighted by Gasteiger charge is 2.17. The number of alkyl halides is 2. The highest BCUT2D eigenvalue weighted by atomic mass is 19.3. The minimum absolute atomic E-state index is 0.0869. The fourth-order valence-corrected chi connectivity index (χ4v) is 1.72. The Hall–Kier alpha value is -1.95. The van der Waals surface area contributed by atoms with Crippen molar-refractivity contribution >= 4 is 0 Å². The van der Waals surface area contributed by atoms with Gasteiger partial charge in [0.1, 0.15) is 5.75 Å². The summed E-state index contributed by atoms with van der Waals surface area (Å²) >= 11 is 0. The molecule has 1 aromatic heterocycles. The van der Waals surface area contributed by atoms with Crippen molar-refractivity contribution in [2.75, 3.05) is 0 Å². The standard InChI is InChI=1S/C12H13F2N3O/c1-17-7-8(6-16-17)11(15)9-4-2-3-5-10(9)18-12(13)14/h2-7,11-12H,15H2,1H3. The first-order valence-corrected chi connectivity index (χ1v) is 5.36. The van der Waals surface area contributed by atoms with Crippen LogP contribution in [0.3, 0.4) is 0 Å². The number of benzene rings is 1. The maximum absolute atomic E-state index is 12.3. The van der Waals surface area contributed by atoms with Gasteiger partial charge in [0.15, 0.2) is 0 Å². The van der Waals surface area contributed by atoms with Crippen molar-refractivity contribution in [3.8, 4) is 5.75 Å². The molecule has 0 bridgehead atoms. The number of aryl methyl sites for hydroxylation is 1. The zero-order chi connectivity index (χ0) is 13.1. The van der Waals surface area contributed by atoms with E-state index in [9.17, 15) is 8.78 Å². The van der Waals surface area contributed by atoms with Crippen LogP contribution in [0.25, 0.3) is 0 Å². The molecule has 2 N–H and O–H groups in total. The largest absolute Gasteiger partial charge is 0.434 e. The summed E-state index contributed by atoms with van der Waals surface area (Å²) in [7, 11) is 1.76. The molecular weight excluding hydrogens is 240 g/mol. The third-order valence-corrected chi connectivity index (χ3v) is 2.55. The molecular formula is C12H13F2N3O. The quantitative estimate of drug-likeness (QED) is 0.907. The smallest absolute Gasteiger partial charge is 0.387 e. The summed E-state index contributed by atoms with van der Waals surface area (Å²) < 4.78 is 30.6. The summed E-state index contributed by atoms with van der Waals surface area (Å²) in [4.78, 5) is 0. The summed E-state index contributed by atoms with van der Waals surface area (Å²) in [5.41, 5.74) is 7.27. The average Bonchev–Trinajstić information content (AvgIpc) is 2.75. The second-order valence-electron chi connectivity index (χ2n) is 3.84. The van der Waals surface area contributed by atoms with Gasteiger partial charge in [-0.15, -0.1) is 0 Å². The van der Waals surface area contributed by atoms with Gasteiger partial charge >= 0.3 is 6.61 Å². The minimum atomic E-state index is -2.87. The molecule has 18 heavy (non-hydrogen) atoms. The van der Waals surface area contributed by atoms with Gasteiger partial charge in [0.25, 0.3) is 0 Å². The maximum atomic E-state index is 12.3. The number of nitrogens with two attached hydrogens (primary N) is 1. The van der Waals surface area contributed by atoms with Crippen molar-refractivity contribution in [1.82, 2.24) is 9.78 Å². The van der Waals surface area contributed by atoms with Gasteiger partial charge in [-0.05, 0) is 6.07 Å². The lowest BCUT2D eigenvalue weighted by atomic mass is 10.0. The van der Waals surface area contributed by atoms with Crippen molar-refractivity contribution in [1.29, 1.82) is 0 Å². The predicted octanol–water partition coefficient (Wildman–Crippen LogP) is 2.07. The lowest BCUT2D eigenvalue weighted by molar-refractivity contribution is -0.0505. The van der Waals surface area contributed by atoms with E-state index in [0.717, 1.165) is 5.56 Å². The Morgan fingerprint density at radius 1 is 1.33 bits per heavy atom. The number of hydrogen-bond acceptors (Lipinski definition) is 3. The van der Waals surface area contributed by atoms with E-state index >= 15 is 0 Å². The molecule has 0 aliphatic rings. The molecule has 96 valence electrons. The highest BCUT2D eigenvalue weighted by Crippen LogP contribution is 2.28. The van der Waals surface area contributed by atoms with Gasteiger partial charge in [-0.25, -0.2) is 0 Å². The minimum Gasteiger partial charge on any atom is -0.434 e. The van der Waals surface area contributed by atoms with Gasteiger partial charge in [0, 0.05) is 24.4 Å². The monoisotopic (exact) mass is 253 g/mol. The first-order valence-electron chi connectivity index (χ1n) is 5.36. The van der Waals surface area contributed by atoms with Crippen LogP contribution in [-0.2, 0) is 7.05 Å². The number of halogens is 2. The lowest BCUT2D eigenvalue weighted by Gasteiger charge is -2.15. The lowest BCUT2D eigenvalue weighted by Crippen LogP contribution is -2.14. The first-order chi connectivity index (χ1) is 8.58. The van der Waals surface area contributed by atoms with Crippen LogP contribution in [0.1, 0.15) is 17.2 Å². The second kappa shape index (κ2) is 5.14. The topological polar surface area (TPSA) is 53.1 Å². The number of hydrogen-bond donors (Lipinski definition) is 1. The Balaban J connectivity index is 2.32. The van der Waals surface area contributed by atoms with Crippen LogP contribution in [0.15, 0.2) is 36.7 Å². The van der Waals surface area contributed by atoms with Crippen molar-refractivity contribution in [3.05, 3.63) is 47.8 Å². The third kappa shape index (κ3) is 2.65. The summed E-state index contributed by atoms with van der Waals surface area (Å²) in [6, 6.07) is 5.93. The summed E-state index contributed by atoms with van der Waals surface area (Å²) in [5.74, 6) is 0.0869. The molecule has 2 aromatic rings. The number of aromatic nitrogens is 2. The Labute approximate surface area is 103 Å². The molecule has 1 unspecified atom stereocenters. The van der Waals surface area contributed by atoms with Gasteiger partial charge in [-0.3, -0.25) is 4.68 Å². The normalized spacial score (nSPS) is 12.7. The fourth-order valence-electron chi connectivity index (χ4n) is 1.72. The Morgan fingerprint density at radius 3 is 2.67 bits per heavy atom. The molecule has 0 amide bonds. The number of rotatable bonds is 4. The van der Waals surface area contributed by atoms with Gasteiger partial charge in [-0.1, -0.05) is 18.2 Å². The molecule has 1 heterocycles. The molecule has 6 heteroatoms. The molecule has 0 saturated carbocycles. The zero-order valence-corrected chi connectivity index (χ0v) is 9.75. The van der Waals surface area contributed by atoms with E-state index in [1.807, 2.05) is 0 Å². The van der Waals surface area contributed by atoms with Gasteiger partial charge in [0.2, 0.25) is 0 Å². The van der Waals surface area contributed by atoms with E-state index < -0.39 is 12.7 Å². The number of para-hydroxylation sites is 1. The van der Waals surface area contributed by atoms with Crippen LogP contribution in [0.2, 0.25) is 0 Å². The molecule has 1 aromatic carbocycles. The molecule has 0 fully saturated rings. The summed E-state index contributed by atoms with van der Waals surface area (Å²) in [6.45, 7) is -2.87. The van der Waals surface area contributed by atoms with Crippen LogP contribution in [0.5, 0.6) is 5.75 Å². The van der Waals surface area contributed by atoms with E-state index in [1.165, 1.54) is 6.07 Å². The fraction of sp³-hybridized carbons (Fsp3) is 0.250. The highest BCUT2D eigenvalue weighted by molar-refractivity contribution is 5.40. The van der Waals surface area contributed by atoms with E-state index in [0.29, 0.717) is 5.56 Å². The SMILES string of the molecule is Cn1cc(C(N)c2ccccc2OC(F)F)cn1. The zero-order valence-electron chi connectivity index (χ0n) is 9.75. The van der Waals surface area contributed by atoms with E-state index in [2.05, 4.69) is 9.84 Å². The summed E-state index contributed by atoms with van der Waals surface area (Å²) in [6.07, 6.45) is 3.34. The van der Waals surface area contributed by atoms with Gasteiger partial charge in [0.05, 0.1) is 12.2 Å². The molecule has 0 radical (unpaired) electrons. The molecule has 1 atom stereocenters. The molecule has 0 aliphatic carbocycles. The Kier molecular flexibility index (Phi) is 3.57. The van der Waals surface area contributed by atoms with Gasteiger partial charge < -0.3 is 10.5 Å². The molecule has 0 spiro atoms. The van der Waals surface area contributed by atoms with Crippen molar-refractivity contribution in [2.24, 2.45) is 12.8 Å². The van der Waals surface area contributed by atoms with Crippen LogP contribution >= 0.6 is 0 Å². The molecule has 2 rings (SSSR count). The Bertz CT molecular complexity index is 528. The van der Waals surface area contributed by atoms with Crippen LogP contribution < -0.4 is 10.5 Å². The van der Waals surface area contributed by atoms with Crippen molar-refractivity contribution in [2.45, 2.75) is 12.7 Å². The second-order valence-corrected chi connectivity index (χ2v) is 3.84. The average molecular weight is 253 g/mol.